The van der Waals surface area contributed by atoms with Gasteiger partial charge in [0.2, 0.25) is 0 Å². The molecule has 0 aliphatic heterocycles. The summed E-state index contributed by atoms with van der Waals surface area (Å²) < 4.78 is 5.94. The third-order valence-electron chi connectivity index (χ3n) is 7.32. The Kier molecular flexibility index (Phi) is 30.8. The average molecular weight is 573 g/mol. The molecule has 0 bridgehead atoms. The molecule has 0 aromatic rings. The molecule has 1 unspecified atom stereocenters. The van der Waals surface area contributed by atoms with Crippen LogP contribution in [0, 0.1) is 0 Å². The predicted octanol–water partition coefficient (Wildman–Crippen LogP) is 11.6. The first-order valence-electron chi connectivity index (χ1n) is 17.1. The molecule has 0 aromatic carbocycles. The lowest BCUT2D eigenvalue weighted by Crippen LogP contribution is -2.18. The fraction of sp³-hybridized carbons (Fsp3) is 0.730. The minimum Gasteiger partial charge on any atom is -0.481 e. The molecule has 4 nitrogen and oxygen atoms in total. The van der Waals surface area contributed by atoms with E-state index in [-0.39, 0.29) is 18.5 Å². The summed E-state index contributed by atoms with van der Waals surface area (Å²) in [7, 11) is 0. The second-order valence-corrected chi connectivity index (χ2v) is 11.3. The molecule has 236 valence electrons. The first kappa shape index (κ1) is 38.9. The van der Waals surface area contributed by atoms with Gasteiger partial charge in [0.15, 0.2) is 0 Å². The van der Waals surface area contributed by atoms with E-state index < -0.39 is 5.97 Å². The Bertz CT molecular complexity index is 704. The number of allylic oxidation sites excluding steroid dienone is 8. The average Bonchev–Trinajstić information content (AvgIpc) is 2.95. The van der Waals surface area contributed by atoms with E-state index in [1.165, 1.54) is 38.5 Å². The van der Waals surface area contributed by atoms with Gasteiger partial charge >= 0.3 is 11.9 Å². The zero-order valence-electron chi connectivity index (χ0n) is 26.8. The number of aliphatic carboxylic acids is 1. The van der Waals surface area contributed by atoms with Crippen LogP contribution in [0.1, 0.15) is 168 Å². The van der Waals surface area contributed by atoms with Crippen LogP contribution in [-0.2, 0) is 14.3 Å². The van der Waals surface area contributed by atoms with Crippen LogP contribution < -0.4 is 0 Å². The molecule has 0 aliphatic carbocycles. The molecule has 0 radical (unpaired) electrons. The van der Waals surface area contributed by atoms with Gasteiger partial charge in [-0.15, -0.1) is 0 Å². The molecule has 0 heterocycles. The summed E-state index contributed by atoms with van der Waals surface area (Å²) in [5, 5.41) is 8.78. The Morgan fingerprint density at radius 1 is 0.561 bits per heavy atom. The highest BCUT2D eigenvalue weighted by molar-refractivity contribution is 5.69. The van der Waals surface area contributed by atoms with Crippen LogP contribution in [0.3, 0.4) is 0 Å². The molecule has 41 heavy (non-hydrogen) atoms. The van der Waals surface area contributed by atoms with Crippen molar-refractivity contribution in [3.05, 3.63) is 48.6 Å². The minimum absolute atomic E-state index is 0.0213. The van der Waals surface area contributed by atoms with Gasteiger partial charge in [0, 0.05) is 12.8 Å². The summed E-state index contributed by atoms with van der Waals surface area (Å²) in [5.74, 6) is -0.736. The van der Waals surface area contributed by atoms with Crippen LogP contribution in [0.5, 0.6) is 0 Å². The number of rotatable bonds is 30. The molecule has 4 heteroatoms. The number of hydrogen-bond donors (Lipinski definition) is 1. The van der Waals surface area contributed by atoms with Gasteiger partial charge in [-0.25, -0.2) is 0 Å². The SMILES string of the molecule is CC/C=C\C/C=C\C/C=C\C/C=C\CCCCC(CCCCCCCC(=O)O)OC(=O)CCCCCCCCCC. The van der Waals surface area contributed by atoms with Crippen molar-refractivity contribution in [2.45, 2.75) is 174 Å². The number of ether oxygens (including phenoxy) is 1. The maximum atomic E-state index is 12.5. The largest absolute Gasteiger partial charge is 0.481 e. The van der Waals surface area contributed by atoms with Gasteiger partial charge in [-0.05, 0) is 77.0 Å². The third kappa shape index (κ3) is 32.3. The second kappa shape index (κ2) is 32.4. The normalized spacial score (nSPS) is 12.8. The van der Waals surface area contributed by atoms with Crippen molar-refractivity contribution >= 4 is 11.9 Å². The zero-order valence-corrected chi connectivity index (χ0v) is 26.8. The molecular weight excluding hydrogens is 508 g/mol. The van der Waals surface area contributed by atoms with Crippen molar-refractivity contribution in [3.63, 3.8) is 0 Å². The molecule has 1 atom stereocenters. The van der Waals surface area contributed by atoms with Crippen molar-refractivity contribution in [2.24, 2.45) is 0 Å². The van der Waals surface area contributed by atoms with E-state index in [0.717, 1.165) is 103 Å². The highest BCUT2D eigenvalue weighted by atomic mass is 16.5. The second-order valence-electron chi connectivity index (χ2n) is 11.3. The molecule has 1 N–H and O–H groups in total. The number of carbonyl (C=O) groups excluding carboxylic acids is 1. The van der Waals surface area contributed by atoms with Crippen molar-refractivity contribution < 1.29 is 19.4 Å². The van der Waals surface area contributed by atoms with E-state index >= 15 is 0 Å². The number of carbonyl (C=O) groups is 2. The summed E-state index contributed by atoms with van der Waals surface area (Å²) >= 11 is 0. The van der Waals surface area contributed by atoms with E-state index in [4.69, 9.17) is 9.84 Å². The summed E-state index contributed by atoms with van der Waals surface area (Å²) in [6.07, 6.45) is 42.6. The van der Waals surface area contributed by atoms with Gasteiger partial charge < -0.3 is 9.84 Å². The molecule has 0 fully saturated rings. The molecule has 0 rings (SSSR count). The minimum atomic E-state index is -0.709. The van der Waals surface area contributed by atoms with Crippen LogP contribution >= 0.6 is 0 Å². The third-order valence-corrected chi connectivity index (χ3v) is 7.32. The number of carboxylic acids is 1. The Balaban J connectivity index is 4.19. The van der Waals surface area contributed by atoms with Crippen LogP contribution in [0.15, 0.2) is 48.6 Å². The van der Waals surface area contributed by atoms with E-state index in [2.05, 4.69) is 62.5 Å². The van der Waals surface area contributed by atoms with Crippen LogP contribution in [0.25, 0.3) is 0 Å². The Morgan fingerprint density at radius 3 is 1.59 bits per heavy atom. The predicted molar refractivity (Wildman–Crippen MR) is 176 cm³/mol. The maximum Gasteiger partial charge on any atom is 0.306 e. The van der Waals surface area contributed by atoms with E-state index in [9.17, 15) is 9.59 Å². The maximum absolute atomic E-state index is 12.5. The monoisotopic (exact) mass is 572 g/mol. The van der Waals surface area contributed by atoms with Crippen LogP contribution in [0.2, 0.25) is 0 Å². The van der Waals surface area contributed by atoms with E-state index in [0.29, 0.717) is 6.42 Å². The molecule has 0 spiro atoms. The van der Waals surface area contributed by atoms with Gasteiger partial charge in [-0.3, -0.25) is 9.59 Å². The van der Waals surface area contributed by atoms with Crippen molar-refractivity contribution in [2.75, 3.05) is 0 Å². The van der Waals surface area contributed by atoms with Gasteiger partial charge in [0.1, 0.15) is 6.10 Å². The lowest BCUT2D eigenvalue weighted by molar-refractivity contribution is -0.150. The Hall–Kier alpha value is -2.10. The summed E-state index contributed by atoms with van der Waals surface area (Å²) in [6.45, 7) is 4.40. The van der Waals surface area contributed by atoms with Crippen LogP contribution in [0.4, 0.5) is 0 Å². The standard InChI is InChI=1S/C37H64O4/c1-3-5-7-9-11-13-14-15-16-17-18-19-20-23-27-31-35(32-28-24-22-25-29-33-36(38)39)41-37(40)34-30-26-21-12-10-8-6-4-2/h5,7,11,13,15-16,18-19,35H,3-4,6,8-10,12,14,17,20-34H2,1-2H3,(H,38,39)/b7-5-,13-11-,16-15-,19-18-. The quantitative estimate of drug-likeness (QED) is 0.0528. The highest BCUT2D eigenvalue weighted by Crippen LogP contribution is 2.18. The lowest BCUT2D eigenvalue weighted by atomic mass is 10.0. The molecule has 0 amide bonds. The van der Waals surface area contributed by atoms with Gasteiger partial charge in [-0.2, -0.15) is 0 Å². The number of esters is 1. The fourth-order valence-corrected chi connectivity index (χ4v) is 4.82. The number of unbranched alkanes of at least 4 members (excludes halogenated alkanes) is 13. The highest BCUT2D eigenvalue weighted by Gasteiger charge is 2.14. The number of hydrogen-bond acceptors (Lipinski definition) is 3. The van der Waals surface area contributed by atoms with Crippen LogP contribution in [-0.4, -0.2) is 23.1 Å². The van der Waals surface area contributed by atoms with E-state index in [1.54, 1.807) is 0 Å². The first-order valence-corrected chi connectivity index (χ1v) is 17.1. The van der Waals surface area contributed by atoms with Gasteiger partial charge in [0.25, 0.3) is 0 Å². The van der Waals surface area contributed by atoms with Crippen molar-refractivity contribution in [3.8, 4) is 0 Å². The molecule has 0 saturated heterocycles. The summed E-state index contributed by atoms with van der Waals surface area (Å²) in [4.78, 5) is 23.2. The van der Waals surface area contributed by atoms with Gasteiger partial charge in [-0.1, -0.05) is 127 Å². The van der Waals surface area contributed by atoms with E-state index in [1.807, 2.05) is 0 Å². The summed E-state index contributed by atoms with van der Waals surface area (Å²) in [6, 6.07) is 0. The van der Waals surface area contributed by atoms with Crippen molar-refractivity contribution in [1.29, 1.82) is 0 Å². The Morgan fingerprint density at radius 2 is 1.02 bits per heavy atom. The topological polar surface area (TPSA) is 63.6 Å². The fourth-order valence-electron chi connectivity index (χ4n) is 4.82. The summed E-state index contributed by atoms with van der Waals surface area (Å²) in [5.41, 5.74) is 0. The molecule has 0 saturated carbocycles. The first-order chi connectivity index (χ1) is 20.1. The van der Waals surface area contributed by atoms with Crippen molar-refractivity contribution in [1.82, 2.24) is 0 Å². The number of carboxylic acid groups (broad SMARTS) is 1. The molecular formula is C37H64O4. The Labute approximate surface area is 253 Å². The zero-order chi connectivity index (χ0) is 30.1. The lowest BCUT2D eigenvalue weighted by Gasteiger charge is -2.18. The molecule has 0 aromatic heterocycles. The smallest absolute Gasteiger partial charge is 0.306 e. The van der Waals surface area contributed by atoms with Gasteiger partial charge in [0.05, 0.1) is 0 Å². The molecule has 0 aliphatic rings.